The van der Waals surface area contributed by atoms with E-state index >= 15 is 0 Å². The van der Waals surface area contributed by atoms with Gasteiger partial charge in [0.1, 0.15) is 17.5 Å². The number of carbonyl (C=O) groups excluding carboxylic acids is 3. The summed E-state index contributed by atoms with van der Waals surface area (Å²) in [4.78, 5) is 37.4. The van der Waals surface area contributed by atoms with Crippen molar-refractivity contribution in [3.05, 3.63) is 0 Å². The van der Waals surface area contributed by atoms with Crippen LogP contribution in [0.5, 0.6) is 0 Å². The fourth-order valence-electron chi connectivity index (χ4n) is 3.04. The molecular formula is C14H23N3O6S. The number of hydrogen-bond donors (Lipinski definition) is 2. The fourth-order valence-corrected chi connectivity index (χ4v) is 5.17. The summed E-state index contributed by atoms with van der Waals surface area (Å²) >= 11 is 0. The average Bonchev–Trinajstić information content (AvgIpc) is 2.61. The first kappa shape index (κ1) is 18.7. The van der Waals surface area contributed by atoms with Crippen LogP contribution in [-0.2, 0) is 29.0 Å². The van der Waals surface area contributed by atoms with Gasteiger partial charge in [-0.05, 0) is 20.8 Å². The smallest absolute Gasteiger partial charge is 0.245 e. The van der Waals surface area contributed by atoms with Crippen LogP contribution in [0.1, 0.15) is 27.2 Å². The third kappa shape index (κ3) is 2.77. The number of rotatable bonds is 6. The lowest BCUT2D eigenvalue weighted by Gasteiger charge is -2.37. The van der Waals surface area contributed by atoms with E-state index in [0.29, 0.717) is 13.2 Å². The van der Waals surface area contributed by atoms with Crippen LogP contribution in [-0.4, -0.2) is 73.5 Å². The zero-order valence-corrected chi connectivity index (χ0v) is 15.0. The van der Waals surface area contributed by atoms with E-state index in [-0.39, 0.29) is 12.3 Å². The molecule has 2 saturated heterocycles. The van der Waals surface area contributed by atoms with E-state index in [0.717, 1.165) is 4.90 Å². The van der Waals surface area contributed by atoms with Crippen molar-refractivity contribution in [3.63, 3.8) is 0 Å². The number of sulfone groups is 1. The molecule has 2 N–H and O–H groups in total. The maximum absolute atomic E-state index is 12.6. The third-order valence-corrected chi connectivity index (χ3v) is 7.38. The summed E-state index contributed by atoms with van der Waals surface area (Å²) in [5, 5.41) is 4.14. The van der Waals surface area contributed by atoms with E-state index in [9.17, 15) is 22.8 Å². The molecule has 3 unspecified atom stereocenters. The van der Waals surface area contributed by atoms with Crippen molar-refractivity contribution >= 4 is 27.6 Å². The Hall–Kier alpha value is -1.68. The van der Waals surface area contributed by atoms with Gasteiger partial charge < -0.3 is 20.3 Å². The van der Waals surface area contributed by atoms with Gasteiger partial charge in [0.25, 0.3) is 0 Å². The minimum Gasteiger partial charge on any atom is -0.383 e. The Balaban J connectivity index is 2.09. The van der Waals surface area contributed by atoms with E-state index < -0.39 is 43.9 Å². The van der Waals surface area contributed by atoms with Gasteiger partial charge in [0.15, 0.2) is 9.84 Å². The zero-order valence-electron chi connectivity index (χ0n) is 14.2. The lowest BCUT2D eigenvalue weighted by atomic mass is 9.97. The summed E-state index contributed by atoms with van der Waals surface area (Å²) in [6.45, 7) is 4.99. The van der Waals surface area contributed by atoms with Gasteiger partial charge in [-0.3, -0.25) is 14.4 Å². The third-order valence-electron chi connectivity index (χ3n) is 4.58. The Bertz CT molecular complexity index is 659. The maximum atomic E-state index is 12.6. The molecule has 2 heterocycles. The van der Waals surface area contributed by atoms with Gasteiger partial charge in [-0.25, -0.2) is 8.42 Å². The quantitative estimate of drug-likeness (QED) is 0.433. The Morgan fingerprint density at radius 3 is 2.58 bits per heavy atom. The first-order chi connectivity index (χ1) is 11.1. The molecule has 2 aliphatic heterocycles. The van der Waals surface area contributed by atoms with Crippen LogP contribution in [0.2, 0.25) is 0 Å². The number of β-lactam (4-membered cyclic amide) rings is 1. The van der Waals surface area contributed by atoms with Crippen LogP contribution in [0, 0.1) is 0 Å². The molecule has 10 heteroatoms. The molecule has 3 atom stereocenters. The number of fused-ring (bicyclic) bond motifs is 1. The summed E-state index contributed by atoms with van der Waals surface area (Å²) in [5.74, 6) is -1.43. The average molecular weight is 361 g/mol. The van der Waals surface area contributed by atoms with E-state index in [2.05, 4.69) is 10.6 Å². The predicted molar refractivity (Wildman–Crippen MR) is 84.5 cm³/mol. The van der Waals surface area contributed by atoms with Crippen LogP contribution in [0.4, 0.5) is 0 Å². The van der Waals surface area contributed by atoms with E-state index in [1.54, 1.807) is 0 Å². The van der Waals surface area contributed by atoms with Crippen LogP contribution < -0.4 is 10.6 Å². The number of hydrogen-bond acceptors (Lipinski definition) is 6. The molecule has 0 spiro atoms. The predicted octanol–water partition coefficient (Wildman–Crippen LogP) is -1.61. The highest BCUT2D eigenvalue weighted by atomic mass is 32.2. The monoisotopic (exact) mass is 361 g/mol. The molecule has 2 fully saturated rings. The second kappa shape index (κ2) is 6.32. The van der Waals surface area contributed by atoms with Crippen LogP contribution in [0.25, 0.3) is 0 Å². The van der Waals surface area contributed by atoms with Crippen molar-refractivity contribution in [2.75, 3.05) is 20.3 Å². The highest BCUT2D eigenvalue weighted by Gasteiger charge is 2.67. The summed E-state index contributed by atoms with van der Waals surface area (Å²) in [6, 6.07) is -1.99. The van der Waals surface area contributed by atoms with E-state index in [1.807, 2.05) is 0 Å². The lowest BCUT2D eigenvalue weighted by molar-refractivity contribution is -0.150. The molecule has 2 rings (SSSR count). The van der Waals surface area contributed by atoms with Gasteiger partial charge in [0.05, 0.1) is 17.8 Å². The molecule has 9 nitrogen and oxygen atoms in total. The molecule has 0 bridgehead atoms. The molecule has 24 heavy (non-hydrogen) atoms. The first-order valence-corrected chi connectivity index (χ1v) is 9.22. The van der Waals surface area contributed by atoms with Gasteiger partial charge in [-0.2, -0.15) is 0 Å². The van der Waals surface area contributed by atoms with Crippen LogP contribution in [0.15, 0.2) is 0 Å². The summed E-state index contributed by atoms with van der Waals surface area (Å²) in [7, 11) is -2.14. The molecule has 0 aromatic carbocycles. The maximum Gasteiger partial charge on any atom is 0.245 e. The molecule has 136 valence electrons. The fraction of sp³-hybridized carbons (Fsp3) is 0.786. The molecule has 0 aromatic rings. The molecule has 2 aliphatic rings. The first-order valence-electron chi connectivity index (χ1n) is 7.67. The SMILES string of the molecule is COCCNC(=O)C(C)NC(=O)C1N2C(=O)CC2S(=O)(=O)C1(C)C. The zero-order chi connectivity index (χ0) is 18.3. The van der Waals surface area contributed by atoms with E-state index in [4.69, 9.17) is 4.74 Å². The molecule has 0 saturated carbocycles. The van der Waals surface area contributed by atoms with Crippen molar-refractivity contribution in [1.29, 1.82) is 0 Å². The minimum absolute atomic E-state index is 0.0946. The van der Waals surface area contributed by atoms with Crippen LogP contribution >= 0.6 is 0 Å². The molecule has 0 aliphatic carbocycles. The molecular weight excluding hydrogens is 338 g/mol. The van der Waals surface area contributed by atoms with Gasteiger partial charge in [0.2, 0.25) is 17.7 Å². The van der Waals surface area contributed by atoms with Gasteiger partial charge in [-0.15, -0.1) is 0 Å². The van der Waals surface area contributed by atoms with Gasteiger partial charge >= 0.3 is 0 Å². The van der Waals surface area contributed by atoms with Crippen molar-refractivity contribution < 1.29 is 27.5 Å². The van der Waals surface area contributed by atoms with Gasteiger partial charge in [-0.1, -0.05) is 0 Å². The molecule has 3 amide bonds. The number of nitrogens with one attached hydrogen (secondary N) is 2. The number of methoxy groups -OCH3 is 1. The highest BCUT2D eigenvalue weighted by Crippen LogP contribution is 2.45. The Morgan fingerprint density at radius 1 is 1.42 bits per heavy atom. The second-order valence-electron chi connectivity index (χ2n) is 6.52. The number of carbonyl (C=O) groups is 3. The summed E-state index contributed by atoms with van der Waals surface area (Å²) < 4.78 is 28.3. The van der Waals surface area contributed by atoms with Crippen molar-refractivity contribution in [1.82, 2.24) is 15.5 Å². The van der Waals surface area contributed by atoms with Crippen LogP contribution in [0.3, 0.4) is 0 Å². The number of ether oxygens (including phenoxy) is 1. The number of amides is 3. The molecule has 0 aromatic heterocycles. The number of nitrogens with zero attached hydrogens (tertiary/aromatic N) is 1. The molecule has 0 radical (unpaired) electrons. The summed E-state index contributed by atoms with van der Waals surface area (Å²) in [6.07, 6.45) is -0.0946. The summed E-state index contributed by atoms with van der Waals surface area (Å²) in [5.41, 5.74) is 0. The minimum atomic E-state index is -3.64. The van der Waals surface area contributed by atoms with Crippen molar-refractivity contribution in [2.24, 2.45) is 0 Å². The largest absolute Gasteiger partial charge is 0.383 e. The topological polar surface area (TPSA) is 122 Å². The Morgan fingerprint density at radius 2 is 2.04 bits per heavy atom. The standard InChI is InChI=1S/C14H23N3O6S/c1-8(12(19)15-5-6-23-4)16-13(20)11-14(2,3)24(21,22)10-7-9(18)17(10)11/h8,10-11H,5-7H2,1-4H3,(H,15,19)(H,16,20). The lowest BCUT2D eigenvalue weighted by Crippen LogP contribution is -2.61. The Labute approximate surface area is 141 Å². The van der Waals surface area contributed by atoms with E-state index in [1.165, 1.54) is 27.9 Å². The Kier molecular flexibility index (Phi) is 4.91. The highest BCUT2D eigenvalue weighted by molar-refractivity contribution is 7.93. The van der Waals surface area contributed by atoms with Crippen molar-refractivity contribution in [2.45, 2.75) is 49.4 Å². The van der Waals surface area contributed by atoms with Crippen molar-refractivity contribution in [3.8, 4) is 0 Å². The van der Waals surface area contributed by atoms with Gasteiger partial charge in [0, 0.05) is 13.7 Å². The second-order valence-corrected chi connectivity index (χ2v) is 9.21. The normalized spacial score (nSPS) is 27.8.